The number of nitrogens with one attached hydrogen (secondary N) is 1. The van der Waals surface area contributed by atoms with Gasteiger partial charge < -0.3 is 21.4 Å². The van der Waals surface area contributed by atoms with Gasteiger partial charge in [-0.15, -0.1) is 0 Å². The fourth-order valence-electron chi connectivity index (χ4n) is 0.625. The molecule has 1 rings (SSSR count). The zero-order chi connectivity index (χ0) is 8.04. The quantitative estimate of drug-likeness (QED) is 0.237. The smallest absolute Gasteiger partial charge is 1.00 e. The molecule has 11 heavy (non-hydrogen) atoms. The van der Waals surface area contributed by atoms with Gasteiger partial charge in [0.1, 0.15) is 0 Å². The predicted molar refractivity (Wildman–Crippen MR) is 37.5 cm³/mol. The van der Waals surface area contributed by atoms with Crippen molar-refractivity contribution >= 4 is 7.82 Å². The van der Waals surface area contributed by atoms with Crippen molar-refractivity contribution in [2.24, 2.45) is 0 Å². The van der Waals surface area contributed by atoms with Crippen LogP contribution in [0, 0.1) is 0 Å². The first-order chi connectivity index (χ1) is 4.50. The molecule has 0 aromatic carbocycles. The van der Waals surface area contributed by atoms with Crippen LogP contribution in [0.25, 0.3) is 0 Å². The van der Waals surface area contributed by atoms with E-state index in [9.17, 15) is 0 Å². The first kappa shape index (κ1) is 14.6. The summed E-state index contributed by atoms with van der Waals surface area (Å²) in [5.41, 5.74) is 0. The minimum Gasteiger partial charge on any atom is -1.00 e. The molecule has 7 heteroatoms. The number of hydrogen-bond donors (Lipinski definition) is 4. The fraction of sp³-hybridized carbons (Fsp3) is 1.00. The number of phosphoric acid groups is 1. The SMILES string of the molecule is C1CCNC1.O=P(O)(O)O.[H-].[Na+]. The van der Waals surface area contributed by atoms with E-state index in [4.69, 9.17) is 19.2 Å². The van der Waals surface area contributed by atoms with Crippen LogP contribution < -0.4 is 34.9 Å². The van der Waals surface area contributed by atoms with Crippen LogP contribution in [0.1, 0.15) is 14.3 Å². The number of rotatable bonds is 0. The first-order valence-electron chi connectivity index (χ1n) is 2.99. The Labute approximate surface area is 89.2 Å². The monoisotopic (exact) mass is 193 g/mol. The van der Waals surface area contributed by atoms with Crippen molar-refractivity contribution < 1.29 is 50.2 Å². The molecule has 4 N–H and O–H groups in total. The van der Waals surface area contributed by atoms with Gasteiger partial charge in [0.15, 0.2) is 0 Å². The van der Waals surface area contributed by atoms with Gasteiger partial charge >= 0.3 is 37.4 Å². The van der Waals surface area contributed by atoms with E-state index in [2.05, 4.69) is 5.32 Å². The van der Waals surface area contributed by atoms with E-state index in [1.54, 1.807) is 0 Å². The van der Waals surface area contributed by atoms with Gasteiger partial charge in [-0.25, -0.2) is 4.57 Å². The van der Waals surface area contributed by atoms with Crippen molar-refractivity contribution in [3.05, 3.63) is 0 Å². The molecule has 1 saturated heterocycles. The molecular weight excluding hydrogens is 180 g/mol. The van der Waals surface area contributed by atoms with E-state index in [1.807, 2.05) is 0 Å². The average molecular weight is 193 g/mol. The molecule has 0 unspecified atom stereocenters. The molecule has 1 heterocycles. The Hall–Kier alpha value is 1.07. The standard InChI is InChI=1S/C4H9N.Na.H3O4P.H/c1-2-4-5-3-1;;1-5(2,3)4;/h5H,1-4H2;;(H3,1,2,3,4);/q;+1;;-1. The molecule has 5 nitrogen and oxygen atoms in total. The molecule has 0 aliphatic carbocycles. The zero-order valence-electron chi connectivity index (χ0n) is 7.53. The Kier molecular flexibility index (Phi) is 10.2. The topological polar surface area (TPSA) is 89.8 Å². The van der Waals surface area contributed by atoms with Gasteiger partial charge in [-0.2, -0.15) is 0 Å². The molecule has 1 fully saturated rings. The van der Waals surface area contributed by atoms with Gasteiger partial charge in [0.2, 0.25) is 0 Å². The van der Waals surface area contributed by atoms with Gasteiger partial charge in [0.25, 0.3) is 0 Å². The predicted octanol–water partition coefficient (Wildman–Crippen LogP) is -3.44. The summed E-state index contributed by atoms with van der Waals surface area (Å²) in [6.45, 7) is 2.50. The first-order valence-corrected chi connectivity index (χ1v) is 4.55. The van der Waals surface area contributed by atoms with E-state index < -0.39 is 7.82 Å². The normalized spacial score (nSPS) is 16.3. The largest absolute Gasteiger partial charge is 1.00 e. The van der Waals surface area contributed by atoms with Crippen LogP contribution in [0.15, 0.2) is 0 Å². The van der Waals surface area contributed by atoms with Gasteiger partial charge in [-0.05, 0) is 25.9 Å². The van der Waals surface area contributed by atoms with Crippen molar-refractivity contribution in [3.63, 3.8) is 0 Å². The molecule has 0 spiro atoms. The second kappa shape index (κ2) is 7.71. The maximum absolute atomic E-state index is 8.88. The second-order valence-electron chi connectivity index (χ2n) is 1.97. The van der Waals surface area contributed by atoms with E-state index in [1.165, 1.54) is 25.9 Å². The van der Waals surface area contributed by atoms with Gasteiger partial charge in [-0.1, -0.05) is 0 Å². The third-order valence-corrected chi connectivity index (χ3v) is 0.957. The molecule has 0 bridgehead atoms. The molecule has 1 aliphatic rings. The molecule has 0 atom stereocenters. The molecule has 0 saturated carbocycles. The maximum Gasteiger partial charge on any atom is 1.00 e. The van der Waals surface area contributed by atoms with Crippen molar-refractivity contribution in [1.29, 1.82) is 0 Å². The van der Waals surface area contributed by atoms with Crippen molar-refractivity contribution in [2.45, 2.75) is 12.8 Å². The van der Waals surface area contributed by atoms with E-state index in [-0.39, 0.29) is 31.0 Å². The molecule has 0 aromatic rings. The molecule has 0 radical (unpaired) electrons. The molecule has 0 amide bonds. The van der Waals surface area contributed by atoms with E-state index in [0.717, 1.165) is 0 Å². The van der Waals surface area contributed by atoms with E-state index in [0.29, 0.717) is 0 Å². The Balaban J connectivity index is -0.000000116. The van der Waals surface area contributed by atoms with Gasteiger partial charge in [0.05, 0.1) is 0 Å². The Morgan fingerprint density at radius 3 is 1.55 bits per heavy atom. The molecule has 64 valence electrons. The van der Waals surface area contributed by atoms with Gasteiger partial charge in [0, 0.05) is 0 Å². The third-order valence-electron chi connectivity index (χ3n) is 0.957. The summed E-state index contributed by atoms with van der Waals surface area (Å²) in [4.78, 5) is 21.6. The fourth-order valence-corrected chi connectivity index (χ4v) is 0.625. The van der Waals surface area contributed by atoms with Crippen LogP contribution in [0.2, 0.25) is 0 Å². The summed E-state index contributed by atoms with van der Waals surface area (Å²) in [6, 6.07) is 0. The summed E-state index contributed by atoms with van der Waals surface area (Å²) in [7, 11) is -4.64. The minimum atomic E-state index is -4.64. The van der Waals surface area contributed by atoms with Crippen LogP contribution in [0.5, 0.6) is 0 Å². The van der Waals surface area contributed by atoms with Gasteiger partial charge in [-0.3, -0.25) is 0 Å². The van der Waals surface area contributed by atoms with Crippen molar-refractivity contribution in [1.82, 2.24) is 5.32 Å². The Morgan fingerprint density at radius 2 is 1.45 bits per heavy atom. The van der Waals surface area contributed by atoms with Crippen molar-refractivity contribution in [3.8, 4) is 0 Å². The maximum atomic E-state index is 8.88. The summed E-state index contributed by atoms with van der Waals surface area (Å²) < 4.78 is 8.88. The summed E-state index contributed by atoms with van der Waals surface area (Å²) in [5.74, 6) is 0. The van der Waals surface area contributed by atoms with Crippen LogP contribution in [-0.2, 0) is 4.57 Å². The summed E-state index contributed by atoms with van der Waals surface area (Å²) in [5, 5.41) is 3.22. The third kappa shape index (κ3) is 24.7. The van der Waals surface area contributed by atoms with E-state index >= 15 is 0 Å². The number of hydrogen-bond acceptors (Lipinski definition) is 2. The minimum absolute atomic E-state index is 0. The van der Waals surface area contributed by atoms with Crippen LogP contribution >= 0.6 is 7.82 Å². The van der Waals surface area contributed by atoms with Crippen LogP contribution in [0.4, 0.5) is 0 Å². The zero-order valence-corrected chi connectivity index (χ0v) is 9.42. The van der Waals surface area contributed by atoms with Crippen molar-refractivity contribution in [2.75, 3.05) is 13.1 Å². The average Bonchev–Trinajstić information content (AvgIpc) is 2.07. The molecular formula is C4H13NNaO4P. The van der Waals surface area contributed by atoms with Crippen LogP contribution in [-0.4, -0.2) is 27.8 Å². The Bertz CT molecular complexity index is 112. The molecule has 0 aromatic heterocycles. The summed E-state index contributed by atoms with van der Waals surface area (Å²) >= 11 is 0. The second-order valence-corrected chi connectivity index (χ2v) is 3.00. The summed E-state index contributed by atoms with van der Waals surface area (Å²) in [6.07, 6.45) is 2.78. The Morgan fingerprint density at radius 1 is 1.18 bits per heavy atom. The van der Waals surface area contributed by atoms with Crippen LogP contribution in [0.3, 0.4) is 0 Å². The molecule has 1 aliphatic heterocycles.